The van der Waals surface area contributed by atoms with Gasteiger partial charge in [0.2, 0.25) is 0 Å². The Hall–Kier alpha value is -1.57. The van der Waals surface area contributed by atoms with Crippen LogP contribution in [0.3, 0.4) is 0 Å². The second kappa shape index (κ2) is 2.72. The first-order valence-electron chi connectivity index (χ1n) is 4.48. The molecule has 0 aromatic carbocycles. The smallest absolute Gasteiger partial charge is 0.565 e. The van der Waals surface area contributed by atoms with E-state index in [4.69, 9.17) is 14.0 Å². The van der Waals surface area contributed by atoms with Gasteiger partial charge in [0, 0.05) is 14.0 Å². The van der Waals surface area contributed by atoms with Crippen LogP contribution in [0.25, 0.3) is 0 Å². The van der Waals surface area contributed by atoms with Crippen LogP contribution in [-0.2, 0) is 28.3 Å². The zero-order chi connectivity index (χ0) is 11.3. The third-order valence-electron chi connectivity index (χ3n) is 2.62. The summed E-state index contributed by atoms with van der Waals surface area (Å²) < 4.78 is 14.5. The molecule has 0 N–H and O–H groups in total. The fraction of sp³-hybridized carbons (Fsp3) is 0.571. The molecule has 0 spiro atoms. The van der Waals surface area contributed by atoms with Crippen molar-refractivity contribution < 1.29 is 32.7 Å². The maximum atomic E-state index is 11.2. The first-order valence-corrected chi connectivity index (χ1v) is 4.48. The van der Waals surface area contributed by atoms with Crippen molar-refractivity contribution in [2.45, 2.75) is 6.92 Å². The molecule has 0 amide bonds. The minimum absolute atomic E-state index is 0.0288. The number of nitrogens with zero attached hydrogens (tertiary/aromatic N) is 1. The van der Waals surface area contributed by atoms with E-state index in [1.54, 1.807) is 7.05 Å². The summed E-state index contributed by atoms with van der Waals surface area (Å²) in [4.78, 5) is 33.2. The zero-order valence-corrected chi connectivity index (χ0v) is 8.39. The summed E-state index contributed by atoms with van der Waals surface area (Å²) in [5.74, 6) is -1.72. The summed E-state index contributed by atoms with van der Waals surface area (Å²) in [6.45, 7) is -1.52. The highest BCUT2D eigenvalue weighted by Gasteiger charge is 2.70. The number of rotatable bonds is 1. The lowest BCUT2D eigenvalue weighted by Crippen LogP contribution is -2.62. The van der Waals surface area contributed by atoms with E-state index in [0.717, 1.165) is 0 Å². The standard InChI is InChI=1S/C7H10BNO6/c1-5(10)13-8-9(2,3-6(11)14-8)4-7(12)15-8/h3-4H2,1-2H3. The molecule has 0 aromatic rings. The third-order valence-corrected chi connectivity index (χ3v) is 2.62. The Morgan fingerprint density at radius 2 is 1.80 bits per heavy atom. The molecule has 0 radical (unpaired) electrons. The van der Waals surface area contributed by atoms with Crippen LogP contribution in [0, 0.1) is 0 Å². The predicted molar refractivity (Wildman–Crippen MR) is 45.6 cm³/mol. The highest BCUT2D eigenvalue weighted by Crippen LogP contribution is 2.34. The van der Waals surface area contributed by atoms with E-state index in [1.807, 2.05) is 0 Å². The van der Waals surface area contributed by atoms with Crippen LogP contribution in [0.2, 0.25) is 0 Å². The normalized spacial score (nSPS) is 38.3. The fourth-order valence-corrected chi connectivity index (χ4v) is 1.94. The van der Waals surface area contributed by atoms with Crippen LogP contribution in [-0.4, -0.2) is 49.3 Å². The molecule has 82 valence electrons. The Bertz CT molecular complexity index is 346. The zero-order valence-electron chi connectivity index (χ0n) is 8.39. The second-order valence-corrected chi connectivity index (χ2v) is 3.99. The van der Waals surface area contributed by atoms with Crippen molar-refractivity contribution in [3.8, 4) is 0 Å². The molecule has 0 unspecified atom stereocenters. The molecule has 0 aromatic heterocycles. The second-order valence-electron chi connectivity index (χ2n) is 3.99. The molecule has 15 heavy (non-hydrogen) atoms. The van der Waals surface area contributed by atoms with Crippen molar-refractivity contribution in [3.05, 3.63) is 0 Å². The summed E-state index contributed by atoms with van der Waals surface area (Å²) in [5, 5.41) is 0. The highest BCUT2D eigenvalue weighted by atomic mass is 16.8. The van der Waals surface area contributed by atoms with Gasteiger partial charge in [-0.05, 0) is 0 Å². The van der Waals surface area contributed by atoms with Crippen molar-refractivity contribution in [3.63, 3.8) is 0 Å². The summed E-state index contributed by atoms with van der Waals surface area (Å²) in [7, 11) is 1.58. The Balaban J connectivity index is 2.37. The molecule has 2 aliphatic rings. The molecule has 2 heterocycles. The van der Waals surface area contributed by atoms with Gasteiger partial charge in [-0.3, -0.25) is 14.4 Å². The van der Waals surface area contributed by atoms with E-state index >= 15 is 0 Å². The monoisotopic (exact) mass is 215 g/mol. The Labute approximate surface area is 85.5 Å². The number of fused-ring (bicyclic) bond motifs is 1. The minimum atomic E-state index is -2.63. The Kier molecular flexibility index (Phi) is 1.81. The largest absolute Gasteiger partial charge is 0.806 e. The lowest BCUT2D eigenvalue weighted by atomic mass is 9.92. The topological polar surface area (TPSA) is 78.9 Å². The third kappa shape index (κ3) is 1.29. The van der Waals surface area contributed by atoms with Gasteiger partial charge >= 0.3 is 18.8 Å². The average Bonchev–Trinajstić information content (AvgIpc) is 2.29. The van der Waals surface area contributed by atoms with E-state index in [0.29, 0.717) is 0 Å². The SMILES string of the molecule is CC(=O)O[B-]12OC(=O)C[N+]1(C)CC(=O)O2. The van der Waals surface area contributed by atoms with E-state index in [-0.39, 0.29) is 17.5 Å². The van der Waals surface area contributed by atoms with Gasteiger partial charge in [-0.15, -0.1) is 0 Å². The molecule has 7 nitrogen and oxygen atoms in total. The maximum absolute atomic E-state index is 11.2. The van der Waals surface area contributed by atoms with Gasteiger partial charge < -0.3 is 18.4 Å². The fourth-order valence-electron chi connectivity index (χ4n) is 1.94. The Morgan fingerprint density at radius 1 is 1.33 bits per heavy atom. The summed E-state index contributed by atoms with van der Waals surface area (Å²) in [6.07, 6.45) is 0. The van der Waals surface area contributed by atoms with Crippen LogP contribution < -0.4 is 0 Å². The number of quaternary nitrogens is 1. The van der Waals surface area contributed by atoms with Crippen LogP contribution in [0.4, 0.5) is 0 Å². The van der Waals surface area contributed by atoms with Crippen molar-refractivity contribution >= 4 is 24.8 Å². The first-order chi connectivity index (χ1) is 6.87. The van der Waals surface area contributed by atoms with Crippen molar-refractivity contribution in [1.29, 1.82) is 0 Å². The molecule has 0 bridgehead atoms. The van der Waals surface area contributed by atoms with Crippen LogP contribution >= 0.6 is 0 Å². The van der Waals surface area contributed by atoms with Crippen molar-refractivity contribution in [1.82, 2.24) is 0 Å². The quantitative estimate of drug-likeness (QED) is 0.497. The minimum Gasteiger partial charge on any atom is -0.565 e. The number of carbonyl (C=O) groups excluding carboxylic acids is 3. The number of hydrogen-bond donors (Lipinski definition) is 0. The van der Waals surface area contributed by atoms with Crippen LogP contribution in [0.5, 0.6) is 0 Å². The molecule has 2 fully saturated rings. The van der Waals surface area contributed by atoms with E-state index in [9.17, 15) is 14.4 Å². The van der Waals surface area contributed by atoms with Gasteiger partial charge in [-0.1, -0.05) is 0 Å². The van der Waals surface area contributed by atoms with E-state index in [2.05, 4.69) is 0 Å². The van der Waals surface area contributed by atoms with Gasteiger partial charge in [-0.2, -0.15) is 0 Å². The summed E-state index contributed by atoms with van der Waals surface area (Å²) in [5.41, 5.74) is 0. The van der Waals surface area contributed by atoms with Gasteiger partial charge in [0.15, 0.2) is 0 Å². The first kappa shape index (κ1) is 9.97. The van der Waals surface area contributed by atoms with Gasteiger partial charge in [0.05, 0.1) is 0 Å². The molecule has 8 heteroatoms. The number of hydrogen-bond acceptors (Lipinski definition) is 6. The molecular weight excluding hydrogens is 205 g/mol. The molecule has 2 saturated heterocycles. The molecule has 2 rings (SSSR count). The van der Waals surface area contributed by atoms with Gasteiger partial charge in [0.1, 0.15) is 13.1 Å². The molecule has 0 aliphatic carbocycles. The van der Waals surface area contributed by atoms with Crippen LogP contribution in [0.15, 0.2) is 0 Å². The maximum Gasteiger partial charge on any atom is 0.806 e. The van der Waals surface area contributed by atoms with Crippen molar-refractivity contribution in [2.75, 3.05) is 20.1 Å². The molecule has 0 saturated carbocycles. The molecule has 2 aliphatic heterocycles. The highest BCUT2D eigenvalue weighted by molar-refractivity contribution is 6.61. The number of likely N-dealkylation sites (N-methyl/N-ethyl adjacent to an activating group) is 1. The summed E-state index contributed by atoms with van der Waals surface area (Å²) in [6, 6.07) is 0. The average molecular weight is 215 g/mol. The van der Waals surface area contributed by atoms with Crippen LogP contribution in [0.1, 0.15) is 6.92 Å². The lowest BCUT2D eigenvalue weighted by molar-refractivity contribution is -0.801. The molecular formula is C7H10BNO6. The number of carbonyl (C=O) groups is 3. The molecule has 0 atom stereocenters. The lowest BCUT2D eigenvalue weighted by Gasteiger charge is -2.37. The summed E-state index contributed by atoms with van der Waals surface area (Å²) >= 11 is 0. The predicted octanol–water partition coefficient (Wildman–Crippen LogP) is -1.45. The Morgan fingerprint density at radius 3 is 2.20 bits per heavy atom. The van der Waals surface area contributed by atoms with Gasteiger partial charge in [-0.25, -0.2) is 0 Å². The van der Waals surface area contributed by atoms with Gasteiger partial charge in [0.25, 0.3) is 5.97 Å². The van der Waals surface area contributed by atoms with E-state index < -0.39 is 24.8 Å². The van der Waals surface area contributed by atoms with E-state index in [1.165, 1.54) is 6.92 Å². The van der Waals surface area contributed by atoms with Crippen molar-refractivity contribution in [2.24, 2.45) is 0 Å².